The topological polar surface area (TPSA) is 67.7 Å². The Labute approximate surface area is 130 Å². The summed E-state index contributed by atoms with van der Waals surface area (Å²) >= 11 is 0. The second-order valence-corrected chi connectivity index (χ2v) is 5.83. The molecule has 1 fully saturated rings. The van der Waals surface area contributed by atoms with Gasteiger partial charge < -0.3 is 14.6 Å². The Balaban J connectivity index is 1.81. The van der Waals surface area contributed by atoms with Crippen LogP contribution < -0.4 is 4.84 Å². The third kappa shape index (κ3) is 4.30. The van der Waals surface area contributed by atoms with Crippen molar-refractivity contribution in [2.75, 3.05) is 27.2 Å². The molecule has 2 rings (SSSR count). The molecule has 0 radical (unpaired) electrons. The van der Waals surface area contributed by atoms with Crippen molar-refractivity contribution in [3.05, 3.63) is 18.2 Å². The normalized spacial score (nSPS) is 16.1. The van der Waals surface area contributed by atoms with Crippen LogP contribution in [0.2, 0.25) is 0 Å². The van der Waals surface area contributed by atoms with Gasteiger partial charge in [-0.3, -0.25) is 4.79 Å². The van der Waals surface area contributed by atoms with E-state index >= 15 is 0 Å². The van der Waals surface area contributed by atoms with E-state index in [0.29, 0.717) is 24.7 Å². The number of nitrogens with zero attached hydrogens (tertiary/aromatic N) is 4. The summed E-state index contributed by atoms with van der Waals surface area (Å²) in [5.41, 5.74) is 0. The molecule has 0 bridgehead atoms. The third-order valence-electron chi connectivity index (χ3n) is 4.02. The minimum atomic E-state index is -0.406. The first-order chi connectivity index (χ1) is 10.5. The number of aryl methyl sites for hydroxylation is 1. The fraction of sp³-hybridized carbons (Fsp3) is 0.667. The number of hydrogen-bond acceptors (Lipinski definition) is 5. The number of hydrogen-bond donors (Lipinski definition) is 0. The molecule has 122 valence electrons. The third-order valence-corrected chi connectivity index (χ3v) is 4.02. The Hall–Kier alpha value is -1.89. The Bertz CT molecular complexity index is 519. The highest BCUT2D eigenvalue weighted by Gasteiger charge is 2.23. The number of likely N-dealkylation sites (tertiary alicyclic amines) is 1. The van der Waals surface area contributed by atoms with Gasteiger partial charge in [-0.05, 0) is 26.9 Å². The number of carbonyl (C=O) groups is 2. The van der Waals surface area contributed by atoms with Gasteiger partial charge in [0.25, 0.3) is 0 Å². The van der Waals surface area contributed by atoms with Gasteiger partial charge in [-0.25, -0.2) is 9.78 Å². The second-order valence-electron chi connectivity index (χ2n) is 5.83. The summed E-state index contributed by atoms with van der Waals surface area (Å²) in [4.78, 5) is 36.5. The molecule has 1 aromatic rings. The molecule has 0 N–H and O–H groups in total. The van der Waals surface area contributed by atoms with Crippen LogP contribution in [0.15, 0.2) is 12.4 Å². The minimum absolute atomic E-state index is 0.134. The molecular formula is C15H24N4O3. The highest BCUT2D eigenvalue weighted by molar-refractivity contribution is 5.76. The lowest BCUT2D eigenvalue weighted by atomic mass is 10.0. The molecule has 0 spiro atoms. The van der Waals surface area contributed by atoms with Crippen molar-refractivity contribution < 1.29 is 14.4 Å². The summed E-state index contributed by atoms with van der Waals surface area (Å²) < 4.78 is 1.33. The van der Waals surface area contributed by atoms with Crippen LogP contribution in [0, 0.1) is 0 Å². The lowest BCUT2D eigenvalue weighted by Crippen LogP contribution is -2.44. The Morgan fingerprint density at radius 1 is 1.36 bits per heavy atom. The average Bonchev–Trinajstić information content (AvgIpc) is 2.91. The molecule has 1 aliphatic rings. The van der Waals surface area contributed by atoms with Crippen molar-refractivity contribution in [1.29, 1.82) is 0 Å². The van der Waals surface area contributed by atoms with Gasteiger partial charge in [-0.2, -0.15) is 4.73 Å². The quantitative estimate of drug-likeness (QED) is 0.785. The number of piperidine rings is 1. The van der Waals surface area contributed by atoms with Crippen molar-refractivity contribution in [2.24, 2.45) is 0 Å². The van der Waals surface area contributed by atoms with Crippen LogP contribution in [0.4, 0.5) is 0 Å². The van der Waals surface area contributed by atoms with E-state index in [-0.39, 0.29) is 5.91 Å². The van der Waals surface area contributed by atoms with Crippen LogP contribution in [-0.2, 0) is 16.0 Å². The first kappa shape index (κ1) is 16.5. The van der Waals surface area contributed by atoms with Crippen LogP contribution in [-0.4, -0.2) is 64.6 Å². The predicted octanol–water partition coefficient (Wildman–Crippen LogP) is 0.343. The Morgan fingerprint density at radius 2 is 2.05 bits per heavy atom. The summed E-state index contributed by atoms with van der Waals surface area (Å²) in [5, 5.41) is 0. The number of carbonyl (C=O) groups excluding carboxylic acids is 2. The molecule has 0 unspecified atom stereocenters. The van der Waals surface area contributed by atoms with Crippen LogP contribution in [0.5, 0.6) is 0 Å². The lowest BCUT2D eigenvalue weighted by Gasteiger charge is -2.35. The summed E-state index contributed by atoms with van der Waals surface area (Å²) in [6.07, 6.45) is 6.01. The van der Waals surface area contributed by atoms with E-state index in [1.54, 1.807) is 12.4 Å². The SMILES string of the molecule is CC(=O)On1ccnc1CCC(=O)N1CCC(N(C)C)CC1. The van der Waals surface area contributed by atoms with E-state index in [1.165, 1.54) is 11.7 Å². The molecule has 1 saturated heterocycles. The first-order valence-electron chi connectivity index (χ1n) is 7.62. The summed E-state index contributed by atoms with van der Waals surface area (Å²) in [6, 6.07) is 0.562. The maximum atomic E-state index is 12.3. The van der Waals surface area contributed by atoms with Gasteiger partial charge in [0.1, 0.15) is 5.82 Å². The smallest absolute Gasteiger partial charge is 0.329 e. The Kier molecular flexibility index (Phi) is 5.54. The molecule has 0 atom stereocenters. The van der Waals surface area contributed by atoms with Crippen molar-refractivity contribution in [1.82, 2.24) is 19.5 Å². The van der Waals surface area contributed by atoms with Gasteiger partial charge in [0.05, 0.1) is 6.20 Å². The molecule has 2 heterocycles. The van der Waals surface area contributed by atoms with E-state index in [2.05, 4.69) is 24.0 Å². The number of amides is 1. The summed E-state index contributed by atoms with van der Waals surface area (Å²) in [6.45, 7) is 2.95. The molecule has 7 nitrogen and oxygen atoms in total. The molecule has 0 saturated carbocycles. The number of aromatic nitrogens is 2. The van der Waals surface area contributed by atoms with E-state index in [9.17, 15) is 9.59 Å². The van der Waals surface area contributed by atoms with Crippen LogP contribution in [0.1, 0.15) is 32.0 Å². The molecule has 22 heavy (non-hydrogen) atoms. The van der Waals surface area contributed by atoms with Crippen molar-refractivity contribution in [3.8, 4) is 0 Å². The second kappa shape index (κ2) is 7.40. The highest BCUT2D eigenvalue weighted by atomic mass is 16.7. The fourth-order valence-corrected chi connectivity index (χ4v) is 2.73. The van der Waals surface area contributed by atoms with Gasteiger partial charge in [-0.15, -0.1) is 0 Å². The largest absolute Gasteiger partial charge is 0.343 e. The highest BCUT2D eigenvalue weighted by Crippen LogP contribution is 2.15. The van der Waals surface area contributed by atoms with Crippen molar-refractivity contribution >= 4 is 11.9 Å². The van der Waals surface area contributed by atoms with Gasteiger partial charge in [0, 0.05) is 45.1 Å². The van der Waals surface area contributed by atoms with Gasteiger partial charge >= 0.3 is 5.97 Å². The van der Waals surface area contributed by atoms with E-state index in [4.69, 9.17) is 4.84 Å². The van der Waals surface area contributed by atoms with Crippen LogP contribution >= 0.6 is 0 Å². The molecule has 7 heteroatoms. The number of imidazole rings is 1. The lowest BCUT2D eigenvalue weighted by molar-refractivity contribution is -0.141. The van der Waals surface area contributed by atoms with E-state index in [1.807, 2.05) is 4.90 Å². The molecule has 0 aliphatic carbocycles. The van der Waals surface area contributed by atoms with Gasteiger partial charge in [0.15, 0.2) is 0 Å². The fourth-order valence-electron chi connectivity index (χ4n) is 2.73. The molecule has 1 amide bonds. The zero-order valence-electron chi connectivity index (χ0n) is 13.5. The summed E-state index contributed by atoms with van der Waals surface area (Å²) in [7, 11) is 4.16. The van der Waals surface area contributed by atoms with Crippen molar-refractivity contribution in [3.63, 3.8) is 0 Å². The van der Waals surface area contributed by atoms with Gasteiger partial charge in [0.2, 0.25) is 5.91 Å². The first-order valence-corrected chi connectivity index (χ1v) is 7.62. The maximum Gasteiger partial charge on any atom is 0.329 e. The van der Waals surface area contributed by atoms with Crippen LogP contribution in [0.25, 0.3) is 0 Å². The Morgan fingerprint density at radius 3 is 2.64 bits per heavy atom. The summed E-state index contributed by atoms with van der Waals surface area (Å²) in [5.74, 6) is 0.317. The zero-order valence-corrected chi connectivity index (χ0v) is 13.5. The monoisotopic (exact) mass is 308 g/mol. The minimum Gasteiger partial charge on any atom is -0.343 e. The average molecular weight is 308 g/mol. The van der Waals surface area contributed by atoms with Gasteiger partial charge in [-0.1, -0.05) is 0 Å². The standard InChI is InChI=1S/C15H24N4O3/c1-12(20)22-19-11-8-16-14(19)4-5-15(21)18-9-6-13(7-10-18)17(2)3/h8,11,13H,4-7,9-10H2,1-3H3. The molecule has 1 aliphatic heterocycles. The molecule has 1 aromatic heterocycles. The van der Waals surface area contributed by atoms with Crippen LogP contribution in [0.3, 0.4) is 0 Å². The predicted molar refractivity (Wildman–Crippen MR) is 81.1 cm³/mol. The zero-order chi connectivity index (χ0) is 16.1. The van der Waals surface area contributed by atoms with E-state index < -0.39 is 5.97 Å². The maximum absolute atomic E-state index is 12.3. The van der Waals surface area contributed by atoms with E-state index in [0.717, 1.165) is 25.9 Å². The molecule has 0 aromatic carbocycles. The molecular weight excluding hydrogens is 284 g/mol. The number of rotatable bonds is 5. The van der Waals surface area contributed by atoms with Crippen molar-refractivity contribution in [2.45, 2.75) is 38.6 Å².